The highest BCUT2D eigenvalue weighted by Crippen LogP contribution is 2.35. The molecule has 0 amide bonds. The van der Waals surface area contributed by atoms with Gasteiger partial charge in [0.2, 0.25) is 0 Å². The molecular formula is C117H128FN21O3S3. The summed E-state index contributed by atoms with van der Waals surface area (Å²) in [4.78, 5) is 35.0. The van der Waals surface area contributed by atoms with Crippen LogP contribution in [-0.2, 0) is 45.2 Å². The third-order valence-corrected chi connectivity index (χ3v) is 30.6. The molecule has 4 fully saturated rings. The molecule has 28 heteroatoms. The maximum atomic E-state index is 14.1. The molecule has 0 saturated carbocycles. The molecule has 744 valence electrons. The first-order valence-electron chi connectivity index (χ1n) is 51.9. The maximum absolute atomic E-state index is 14.1. The van der Waals surface area contributed by atoms with Gasteiger partial charge < -0.3 is 33.8 Å². The van der Waals surface area contributed by atoms with Crippen LogP contribution in [0.5, 0.6) is 17.2 Å². The topological polar surface area (TPSA) is 210 Å². The summed E-state index contributed by atoms with van der Waals surface area (Å²) in [5, 5.41) is 31.8. The number of hydrogen-bond donors (Lipinski definition) is 0. The Morgan fingerprint density at radius 1 is 0.352 bits per heavy atom. The highest BCUT2D eigenvalue weighted by Gasteiger charge is 2.22. The van der Waals surface area contributed by atoms with E-state index in [2.05, 4.69) is 221 Å². The van der Waals surface area contributed by atoms with Crippen molar-refractivity contribution in [3.8, 4) is 61.6 Å². The smallest absolute Gasteiger partial charge is 0.156 e. The van der Waals surface area contributed by atoms with E-state index >= 15 is 0 Å². The summed E-state index contributed by atoms with van der Waals surface area (Å²) in [7, 11) is 0. The number of thiophene rings is 1. The fraction of sp³-hybridized carbons (Fsp3) is 0.342. The number of aryl methyl sites for hydroxylation is 4. The summed E-state index contributed by atoms with van der Waals surface area (Å²) in [6.07, 6.45) is 31.1. The van der Waals surface area contributed by atoms with E-state index < -0.39 is 0 Å². The minimum absolute atomic E-state index is 0.219. The van der Waals surface area contributed by atoms with E-state index in [0.717, 1.165) is 209 Å². The van der Waals surface area contributed by atoms with Gasteiger partial charge >= 0.3 is 0 Å². The highest BCUT2D eigenvalue weighted by atomic mass is 32.2. The molecule has 7 aromatic carbocycles. The number of likely N-dealkylation sites (tertiary alicyclic amines) is 4. The molecule has 0 spiro atoms. The number of rotatable bonds is 37. The summed E-state index contributed by atoms with van der Waals surface area (Å²) in [5.41, 5.74) is 19.1. The third kappa shape index (κ3) is 27.2. The minimum atomic E-state index is -0.219. The number of thiazole rings is 1. The molecule has 0 N–H and O–H groups in total. The summed E-state index contributed by atoms with van der Waals surface area (Å²) >= 11 is 5.27. The van der Waals surface area contributed by atoms with Gasteiger partial charge in [0.1, 0.15) is 27.4 Å². The van der Waals surface area contributed by atoms with Crippen molar-refractivity contribution in [3.05, 3.63) is 353 Å². The van der Waals surface area contributed by atoms with Crippen molar-refractivity contribution in [1.82, 2.24) is 103 Å². The number of halogens is 1. The van der Waals surface area contributed by atoms with Gasteiger partial charge in [0.05, 0.1) is 73.0 Å². The van der Waals surface area contributed by atoms with Crippen LogP contribution in [0.1, 0.15) is 164 Å². The molecule has 0 atom stereocenters. The van der Waals surface area contributed by atoms with Crippen molar-refractivity contribution in [3.63, 3.8) is 0 Å². The SMILES string of the molecule is Cc1ccc(-c2cccc3nc(Cc4ccc(OCCCN5CCCCC5)cc4)nn23)cc1F.Cc1csc(SCCn2cc(-c3cccc4nc(Cc5ccc(CCCN6CCCC6)cc5)nn34)cn2)n1.c1ccc(Cn2cc(-c3cccc4nc(Cc5ccc(OCCCN6CCCCC6)cc5)nn34)cn2)cc1.c1ccc2sc(-c3cccc4nc(Cc5ccc(OCCCN6CCCCC6)cc5)nn34)cc2c1. The first kappa shape index (κ1) is 98.9. The molecular weight excluding hydrogens is 1860 g/mol. The molecule has 4 aliphatic heterocycles. The quantitative estimate of drug-likeness (QED) is 0.0262. The minimum Gasteiger partial charge on any atom is -0.494 e. The van der Waals surface area contributed by atoms with Crippen molar-refractivity contribution >= 4 is 67.1 Å². The number of benzene rings is 7. The predicted molar refractivity (Wildman–Crippen MR) is 581 cm³/mol. The van der Waals surface area contributed by atoms with Crippen molar-refractivity contribution in [2.24, 2.45) is 0 Å². The van der Waals surface area contributed by atoms with Gasteiger partial charge in [-0.1, -0.05) is 177 Å². The zero-order chi connectivity index (χ0) is 98.1. The zero-order valence-electron chi connectivity index (χ0n) is 83.1. The van der Waals surface area contributed by atoms with E-state index in [1.54, 1.807) is 58.0 Å². The van der Waals surface area contributed by atoms with Crippen LogP contribution >= 0.6 is 34.4 Å². The van der Waals surface area contributed by atoms with Crippen molar-refractivity contribution in [2.75, 3.05) is 104 Å². The van der Waals surface area contributed by atoms with Gasteiger partial charge in [0.15, 0.2) is 45.9 Å². The second-order valence-corrected chi connectivity index (χ2v) is 41.7. The first-order chi connectivity index (χ1) is 71.5. The lowest BCUT2D eigenvalue weighted by molar-refractivity contribution is 0.205. The molecule has 0 unspecified atom stereocenters. The number of thioether (sulfide) groups is 1. The zero-order valence-corrected chi connectivity index (χ0v) is 85.6. The molecule has 4 saturated heterocycles. The number of nitrogens with zero attached hydrogens (tertiary/aromatic N) is 21. The Labute approximate surface area is 860 Å². The lowest BCUT2D eigenvalue weighted by atomic mass is 10.1. The Morgan fingerprint density at radius 3 is 1.20 bits per heavy atom. The number of ether oxygens (including phenoxy) is 3. The van der Waals surface area contributed by atoms with E-state index in [-0.39, 0.29) is 5.82 Å². The lowest BCUT2D eigenvalue weighted by Gasteiger charge is -2.26. The third-order valence-electron chi connectivity index (χ3n) is 27.3. The fourth-order valence-corrected chi connectivity index (χ4v) is 22.5. The number of piperidine rings is 3. The second kappa shape index (κ2) is 49.4. The monoisotopic (exact) mass is 1990 g/mol. The van der Waals surface area contributed by atoms with E-state index in [0.29, 0.717) is 24.8 Å². The van der Waals surface area contributed by atoms with Crippen LogP contribution in [0.3, 0.4) is 0 Å². The Morgan fingerprint density at radius 2 is 0.752 bits per heavy atom. The second-order valence-electron chi connectivity index (χ2n) is 38.4. The normalized spacial score (nSPS) is 14.4. The maximum Gasteiger partial charge on any atom is 0.156 e. The molecule has 16 heterocycles. The standard InChI is InChI=1S/C31H34N6O.C29H33N7S2.C29H30N4OS.C28H31FN4O/c1-3-9-26(10-4-1)23-36-24-27(22-32-36)29-11-7-12-31-33-30(34-37(29)31)21-25-13-15-28(16-14-25)38-20-8-19-35-17-5-2-6-18-35;1-22-21-38-29(31-22)37-17-16-35-20-25(19-30-35)26-7-4-8-28-32-27(33-36(26)28)18-24-11-9-23(10-12-24)6-5-15-34-13-2-3-14-34;1-4-16-32(17-5-1)18-7-19-34-24-14-12-22(13-15-24)20-28-30-29-11-6-9-25(33(29)31-28)27-21-23-8-2-3-10-26(23)35-27;1-21-9-12-23(20-25(21)29)26-7-5-8-28-30-27(31-33(26)28)19-22-10-13-24(14-11-22)34-18-6-17-32-15-3-2-4-16-32/h1,3-4,7,9-16,22,24H,2,5-6,8,17-21,23H2;4,7-12,19-21H,2-3,5-6,13-18H2,1H3;2-3,6,8-15,21H,1,4-5,7,16-20H2;5,7-14,20H,2-4,6,15-19H2,1H3. The lowest BCUT2D eigenvalue weighted by Crippen LogP contribution is -2.31. The first-order valence-corrected chi connectivity index (χ1v) is 54.6. The number of hydrogen-bond acceptors (Lipinski definition) is 21. The number of fused-ring (bicyclic) bond motifs is 5. The molecule has 0 bridgehead atoms. The van der Waals surface area contributed by atoms with Gasteiger partial charge in [-0.25, -0.2) is 47.4 Å². The molecule has 12 aromatic heterocycles. The van der Waals surface area contributed by atoms with Crippen molar-refractivity contribution in [1.29, 1.82) is 0 Å². The average Bonchev–Trinajstić information content (AvgIpc) is 1.77. The van der Waals surface area contributed by atoms with Crippen LogP contribution in [-0.4, -0.2) is 207 Å². The van der Waals surface area contributed by atoms with E-state index in [4.69, 9.17) is 49.6 Å². The largest absolute Gasteiger partial charge is 0.494 e. The molecule has 23 rings (SSSR count). The average molecular weight is 1990 g/mol. The molecule has 145 heavy (non-hydrogen) atoms. The van der Waals surface area contributed by atoms with Crippen LogP contribution in [0.15, 0.2) is 283 Å². The van der Waals surface area contributed by atoms with E-state index in [1.807, 2.05) is 115 Å². The van der Waals surface area contributed by atoms with Crippen LogP contribution in [0, 0.1) is 19.7 Å². The van der Waals surface area contributed by atoms with Gasteiger partial charge in [-0.2, -0.15) is 30.6 Å². The van der Waals surface area contributed by atoms with Gasteiger partial charge in [0, 0.05) is 95.9 Å². The highest BCUT2D eigenvalue weighted by molar-refractivity contribution is 8.01. The fourth-order valence-electron chi connectivity index (χ4n) is 19.6. The summed E-state index contributed by atoms with van der Waals surface area (Å²) < 4.78 is 46.0. The number of pyridine rings is 4. The molecule has 0 radical (unpaired) electrons. The molecule has 4 aliphatic rings. The van der Waals surface area contributed by atoms with Gasteiger partial charge in [0.25, 0.3) is 0 Å². The Kier molecular flexibility index (Phi) is 33.7. The number of aromatic nitrogens is 17. The van der Waals surface area contributed by atoms with Crippen molar-refractivity contribution < 1.29 is 18.6 Å². The predicted octanol–water partition coefficient (Wildman–Crippen LogP) is 23.4. The van der Waals surface area contributed by atoms with Crippen LogP contribution < -0.4 is 14.2 Å². The molecule has 24 nitrogen and oxygen atoms in total. The summed E-state index contributed by atoms with van der Waals surface area (Å²) in [6.45, 7) is 22.2. The Balaban J connectivity index is 0.000000118. The van der Waals surface area contributed by atoms with Crippen LogP contribution in [0.25, 0.3) is 77.0 Å². The molecule has 19 aromatic rings. The van der Waals surface area contributed by atoms with Crippen LogP contribution in [0.2, 0.25) is 0 Å². The van der Waals surface area contributed by atoms with E-state index in [1.165, 1.54) is 179 Å². The van der Waals surface area contributed by atoms with E-state index in [9.17, 15) is 4.39 Å². The van der Waals surface area contributed by atoms with Crippen molar-refractivity contribution in [2.45, 2.75) is 160 Å². The van der Waals surface area contributed by atoms with Crippen LogP contribution in [0.4, 0.5) is 4.39 Å². The van der Waals surface area contributed by atoms with Gasteiger partial charge in [-0.3, -0.25) is 9.36 Å². The molecule has 0 aliphatic carbocycles. The van der Waals surface area contributed by atoms with Gasteiger partial charge in [-0.05, 0) is 304 Å². The Hall–Kier alpha value is -13.5. The van der Waals surface area contributed by atoms with Gasteiger partial charge in [-0.15, -0.1) is 22.7 Å². The summed E-state index contributed by atoms with van der Waals surface area (Å²) in [6, 6.07) is 84.4. The Bertz CT molecular complexity index is 7300. The summed E-state index contributed by atoms with van der Waals surface area (Å²) in [5.74, 6) is 6.66.